The number of aromatic nitrogens is 2. The maximum Gasteiger partial charge on any atom is 0.251 e. The van der Waals surface area contributed by atoms with Gasteiger partial charge >= 0.3 is 0 Å². The van der Waals surface area contributed by atoms with Crippen LogP contribution in [0.2, 0.25) is 5.02 Å². The monoisotopic (exact) mass is 264 g/mol. The molecule has 0 bridgehead atoms. The summed E-state index contributed by atoms with van der Waals surface area (Å²) in [6.07, 6.45) is 3.40. The number of benzene rings is 1. The maximum atomic E-state index is 12.0. The van der Waals surface area contributed by atoms with Crippen LogP contribution in [0.4, 0.5) is 5.69 Å². The lowest BCUT2D eigenvalue weighted by molar-refractivity contribution is 0.0940. The van der Waals surface area contributed by atoms with Crippen molar-refractivity contribution in [2.24, 2.45) is 0 Å². The molecule has 0 fully saturated rings. The predicted octanol–water partition coefficient (Wildman–Crippen LogP) is 2.14. The van der Waals surface area contributed by atoms with Gasteiger partial charge in [-0.1, -0.05) is 11.6 Å². The number of rotatable bonds is 3. The third-order valence-corrected chi connectivity index (χ3v) is 2.96. The number of carbonyl (C=O) groups is 1. The SMILES string of the molecule is CC(NC(=O)c1ccc(N)c(Cl)c1)c1cn[nH]c1. The number of aromatic amines is 1. The van der Waals surface area contributed by atoms with Crippen LogP contribution in [0.25, 0.3) is 0 Å². The van der Waals surface area contributed by atoms with Crippen LogP contribution in [-0.2, 0) is 0 Å². The van der Waals surface area contributed by atoms with Crippen LogP contribution in [0.3, 0.4) is 0 Å². The summed E-state index contributed by atoms with van der Waals surface area (Å²) >= 11 is 5.87. The minimum atomic E-state index is -0.203. The number of hydrogen-bond donors (Lipinski definition) is 3. The van der Waals surface area contributed by atoms with Crippen LogP contribution in [0.5, 0.6) is 0 Å². The molecule has 18 heavy (non-hydrogen) atoms. The Morgan fingerprint density at radius 2 is 2.33 bits per heavy atom. The third-order valence-electron chi connectivity index (χ3n) is 2.63. The maximum absolute atomic E-state index is 12.0. The summed E-state index contributed by atoms with van der Waals surface area (Å²) in [5.41, 5.74) is 7.43. The zero-order chi connectivity index (χ0) is 13.1. The van der Waals surface area contributed by atoms with E-state index in [1.807, 2.05) is 6.92 Å². The molecule has 0 aliphatic carbocycles. The highest BCUT2D eigenvalue weighted by atomic mass is 35.5. The summed E-state index contributed by atoms with van der Waals surface area (Å²) in [4.78, 5) is 12.0. The highest BCUT2D eigenvalue weighted by Gasteiger charge is 2.12. The standard InChI is InChI=1S/C12H13ClN4O/c1-7(9-5-15-16-6-9)17-12(18)8-2-3-11(14)10(13)4-8/h2-7H,14H2,1H3,(H,15,16)(H,17,18). The molecule has 1 atom stereocenters. The van der Waals surface area contributed by atoms with Crippen molar-refractivity contribution < 1.29 is 4.79 Å². The van der Waals surface area contributed by atoms with Gasteiger partial charge in [-0.05, 0) is 25.1 Å². The molecule has 6 heteroatoms. The molecule has 5 nitrogen and oxygen atoms in total. The van der Waals surface area contributed by atoms with Gasteiger partial charge in [-0.15, -0.1) is 0 Å². The van der Waals surface area contributed by atoms with E-state index in [2.05, 4.69) is 15.5 Å². The molecule has 0 spiro atoms. The molecule has 1 heterocycles. The zero-order valence-corrected chi connectivity index (χ0v) is 10.5. The van der Waals surface area contributed by atoms with Gasteiger partial charge in [0.1, 0.15) is 0 Å². The first-order valence-corrected chi connectivity index (χ1v) is 5.80. The molecule has 1 aromatic heterocycles. The average Bonchev–Trinajstić information content (AvgIpc) is 2.86. The Balaban J connectivity index is 2.10. The molecule has 2 aromatic rings. The first kappa shape index (κ1) is 12.4. The van der Waals surface area contributed by atoms with Crippen molar-refractivity contribution in [2.45, 2.75) is 13.0 Å². The highest BCUT2D eigenvalue weighted by Crippen LogP contribution is 2.20. The van der Waals surface area contributed by atoms with E-state index in [1.54, 1.807) is 30.6 Å². The van der Waals surface area contributed by atoms with Crippen LogP contribution in [-0.4, -0.2) is 16.1 Å². The van der Waals surface area contributed by atoms with Gasteiger partial charge in [-0.2, -0.15) is 5.10 Å². The van der Waals surface area contributed by atoms with Gasteiger partial charge in [-0.25, -0.2) is 0 Å². The summed E-state index contributed by atoms with van der Waals surface area (Å²) in [6.45, 7) is 1.88. The number of halogens is 1. The van der Waals surface area contributed by atoms with Crippen LogP contribution >= 0.6 is 11.6 Å². The van der Waals surface area contributed by atoms with Gasteiger partial charge < -0.3 is 11.1 Å². The minimum Gasteiger partial charge on any atom is -0.398 e. The van der Waals surface area contributed by atoms with Gasteiger partial charge in [0.15, 0.2) is 0 Å². The Bertz CT molecular complexity index is 553. The topological polar surface area (TPSA) is 83.8 Å². The van der Waals surface area contributed by atoms with Crippen molar-refractivity contribution in [3.63, 3.8) is 0 Å². The quantitative estimate of drug-likeness (QED) is 0.743. The lowest BCUT2D eigenvalue weighted by atomic mass is 10.1. The van der Waals surface area contributed by atoms with E-state index in [4.69, 9.17) is 17.3 Å². The van der Waals surface area contributed by atoms with E-state index >= 15 is 0 Å². The van der Waals surface area contributed by atoms with E-state index in [1.165, 1.54) is 0 Å². The van der Waals surface area contributed by atoms with Crippen molar-refractivity contribution in [3.8, 4) is 0 Å². The molecule has 0 saturated heterocycles. The van der Waals surface area contributed by atoms with Gasteiger partial charge in [0.25, 0.3) is 5.91 Å². The molecule has 94 valence electrons. The number of carbonyl (C=O) groups excluding carboxylic acids is 1. The highest BCUT2D eigenvalue weighted by molar-refractivity contribution is 6.33. The number of nitrogens with zero attached hydrogens (tertiary/aromatic N) is 1. The number of nitrogens with two attached hydrogens (primary N) is 1. The number of nitrogen functional groups attached to an aromatic ring is 1. The van der Waals surface area contributed by atoms with E-state index in [9.17, 15) is 4.79 Å². The van der Waals surface area contributed by atoms with Gasteiger partial charge in [0.2, 0.25) is 0 Å². The lowest BCUT2D eigenvalue weighted by Gasteiger charge is -2.12. The van der Waals surface area contributed by atoms with Gasteiger partial charge in [0.05, 0.1) is 22.9 Å². The second-order valence-electron chi connectivity index (χ2n) is 3.96. The zero-order valence-electron chi connectivity index (χ0n) is 9.77. The second kappa shape index (κ2) is 5.10. The summed E-state index contributed by atoms with van der Waals surface area (Å²) in [7, 11) is 0. The fraction of sp³-hybridized carbons (Fsp3) is 0.167. The van der Waals surface area contributed by atoms with Crippen molar-refractivity contribution in [2.75, 3.05) is 5.73 Å². The Hall–Kier alpha value is -2.01. The van der Waals surface area contributed by atoms with Crippen molar-refractivity contribution >= 4 is 23.2 Å². The third kappa shape index (κ3) is 2.62. The van der Waals surface area contributed by atoms with Crippen LogP contribution in [0.15, 0.2) is 30.6 Å². The van der Waals surface area contributed by atoms with Crippen molar-refractivity contribution in [1.82, 2.24) is 15.5 Å². The number of H-pyrrole nitrogens is 1. The fourth-order valence-electron chi connectivity index (χ4n) is 1.53. The molecular formula is C12H13ClN4O. The predicted molar refractivity (Wildman–Crippen MR) is 70.3 cm³/mol. The normalized spacial score (nSPS) is 12.1. The van der Waals surface area contributed by atoms with Crippen LogP contribution < -0.4 is 11.1 Å². The largest absolute Gasteiger partial charge is 0.398 e. The van der Waals surface area contributed by atoms with Gasteiger partial charge in [-0.3, -0.25) is 9.89 Å². The molecular weight excluding hydrogens is 252 g/mol. The summed E-state index contributed by atoms with van der Waals surface area (Å²) in [6, 6.07) is 4.67. The molecule has 4 N–H and O–H groups in total. The van der Waals surface area contributed by atoms with E-state index in [0.29, 0.717) is 16.3 Å². The van der Waals surface area contributed by atoms with E-state index < -0.39 is 0 Å². The molecule has 0 aliphatic heterocycles. The van der Waals surface area contributed by atoms with Crippen molar-refractivity contribution in [1.29, 1.82) is 0 Å². The summed E-state index contributed by atoms with van der Waals surface area (Å²) in [5.74, 6) is -0.203. The number of hydrogen-bond acceptors (Lipinski definition) is 3. The van der Waals surface area contributed by atoms with Crippen LogP contribution in [0, 0.1) is 0 Å². The number of amides is 1. The Kier molecular flexibility index (Phi) is 3.53. The van der Waals surface area contributed by atoms with Crippen molar-refractivity contribution in [3.05, 3.63) is 46.7 Å². The first-order valence-electron chi connectivity index (χ1n) is 5.42. The molecule has 1 unspecified atom stereocenters. The van der Waals surface area contributed by atoms with Crippen LogP contribution in [0.1, 0.15) is 28.9 Å². The Morgan fingerprint density at radius 1 is 1.56 bits per heavy atom. The molecule has 2 rings (SSSR count). The first-order chi connectivity index (χ1) is 8.58. The molecule has 0 radical (unpaired) electrons. The molecule has 1 aromatic carbocycles. The average molecular weight is 265 g/mol. The van der Waals surface area contributed by atoms with E-state index in [0.717, 1.165) is 5.56 Å². The number of nitrogens with one attached hydrogen (secondary N) is 2. The lowest BCUT2D eigenvalue weighted by Crippen LogP contribution is -2.26. The fourth-order valence-corrected chi connectivity index (χ4v) is 1.71. The summed E-state index contributed by atoms with van der Waals surface area (Å²) in [5, 5.41) is 9.76. The second-order valence-corrected chi connectivity index (χ2v) is 4.37. The van der Waals surface area contributed by atoms with Gasteiger partial charge in [0, 0.05) is 17.3 Å². The molecule has 0 aliphatic rings. The molecule has 1 amide bonds. The minimum absolute atomic E-state index is 0.132. The summed E-state index contributed by atoms with van der Waals surface area (Å²) < 4.78 is 0. The molecule has 0 saturated carbocycles. The smallest absolute Gasteiger partial charge is 0.251 e. The Morgan fingerprint density at radius 3 is 2.94 bits per heavy atom. The number of anilines is 1. The Labute approximate surface area is 109 Å². The van der Waals surface area contributed by atoms with E-state index in [-0.39, 0.29) is 11.9 Å².